The van der Waals surface area contributed by atoms with Crippen LogP contribution in [0.25, 0.3) is 0 Å². The molecule has 0 aromatic heterocycles. The van der Waals surface area contributed by atoms with Gasteiger partial charge < -0.3 is 16.6 Å². The number of nitrogens with two attached hydrogens (primary N) is 2. The molecule has 1 unspecified atom stereocenters. The van der Waals surface area contributed by atoms with Crippen molar-refractivity contribution >= 4 is 11.7 Å². The number of primary amides is 1. The van der Waals surface area contributed by atoms with Crippen LogP contribution < -0.4 is 16.4 Å². The third kappa shape index (κ3) is 2.95. The van der Waals surface area contributed by atoms with Crippen LogP contribution >= 0.6 is 0 Å². The fourth-order valence-electron chi connectivity index (χ4n) is 1.37. The zero-order valence-corrected chi connectivity index (χ0v) is 9.26. The number of hydrogen-bond donors (Lipinski definition) is 3. The molecule has 0 aliphatic heterocycles. The summed E-state index contributed by atoms with van der Waals surface area (Å²) < 4.78 is 0. The summed E-state index contributed by atoms with van der Waals surface area (Å²) in [5.41, 5.74) is 12.0. The van der Waals surface area contributed by atoms with Crippen LogP contribution in [-0.2, 0) is 0 Å². The van der Waals surface area contributed by atoms with Gasteiger partial charge in [-0.05, 0) is 30.7 Å². The van der Waals surface area contributed by atoms with Crippen molar-refractivity contribution in [3.05, 3.63) is 29.8 Å². The Morgan fingerprint density at radius 2 is 2.00 bits per heavy atom. The number of anilines is 1. The van der Waals surface area contributed by atoms with Gasteiger partial charge in [0.25, 0.3) is 0 Å². The van der Waals surface area contributed by atoms with Crippen LogP contribution in [0.4, 0.5) is 10.5 Å². The summed E-state index contributed by atoms with van der Waals surface area (Å²) >= 11 is 0. The van der Waals surface area contributed by atoms with E-state index in [1.54, 1.807) is 31.3 Å². The van der Waals surface area contributed by atoms with Crippen molar-refractivity contribution < 1.29 is 9.90 Å². The molecule has 1 aromatic carbocycles. The molecule has 0 saturated carbocycles. The summed E-state index contributed by atoms with van der Waals surface area (Å²) in [6, 6.07) is 6.47. The lowest BCUT2D eigenvalue weighted by atomic mass is 10.1. The van der Waals surface area contributed by atoms with E-state index >= 15 is 0 Å². The summed E-state index contributed by atoms with van der Waals surface area (Å²) in [6.45, 7) is 0.435. The Morgan fingerprint density at radius 3 is 2.44 bits per heavy atom. The quantitative estimate of drug-likeness (QED) is 0.697. The van der Waals surface area contributed by atoms with E-state index in [4.69, 9.17) is 11.5 Å². The zero-order chi connectivity index (χ0) is 12.1. The number of aliphatic hydroxyl groups is 1. The van der Waals surface area contributed by atoms with Gasteiger partial charge in [0.05, 0.1) is 6.10 Å². The van der Waals surface area contributed by atoms with Crippen molar-refractivity contribution in [3.8, 4) is 0 Å². The molecule has 0 aliphatic rings. The second-order valence-electron chi connectivity index (χ2n) is 3.58. The third-order valence-corrected chi connectivity index (χ3v) is 2.44. The van der Waals surface area contributed by atoms with E-state index in [-0.39, 0.29) is 0 Å². The molecule has 0 aliphatic carbocycles. The maximum atomic E-state index is 10.9. The van der Waals surface area contributed by atoms with E-state index in [0.717, 1.165) is 5.56 Å². The van der Waals surface area contributed by atoms with E-state index in [0.29, 0.717) is 18.7 Å². The monoisotopic (exact) mass is 223 g/mol. The van der Waals surface area contributed by atoms with Gasteiger partial charge >= 0.3 is 6.03 Å². The molecule has 0 heterocycles. The standard InChI is InChI=1S/C11H17N3O2/c1-14(11(13)16)9-4-2-8(3-5-9)10(15)6-7-12/h2-5,10,15H,6-7,12H2,1H3,(H2,13,16). The molecule has 0 spiro atoms. The van der Waals surface area contributed by atoms with Crippen molar-refractivity contribution in [2.24, 2.45) is 11.5 Å². The predicted octanol–water partition coefficient (Wildman–Crippen LogP) is 0.584. The second-order valence-corrected chi connectivity index (χ2v) is 3.58. The first-order valence-corrected chi connectivity index (χ1v) is 5.07. The Bertz CT molecular complexity index is 351. The summed E-state index contributed by atoms with van der Waals surface area (Å²) in [5, 5.41) is 9.67. The SMILES string of the molecule is CN(C(N)=O)c1ccc(C(O)CCN)cc1. The summed E-state index contributed by atoms with van der Waals surface area (Å²) in [4.78, 5) is 12.2. The topological polar surface area (TPSA) is 92.6 Å². The molecular weight excluding hydrogens is 206 g/mol. The number of nitrogens with zero attached hydrogens (tertiary/aromatic N) is 1. The molecular formula is C11H17N3O2. The minimum Gasteiger partial charge on any atom is -0.388 e. The Balaban J connectivity index is 2.78. The molecule has 5 nitrogen and oxygen atoms in total. The molecule has 5 heteroatoms. The average Bonchev–Trinajstić information content (AvgIpc) is 2.28. The summed E-state index contributed by atoms with van der Waals surface area (Å²) in [7, 11) is 1.59. The minimum atomic E-state index is -0.557. The smallest absolute Gasteiger partial charge is 0.318 e. The summed E-state index contributed by atoms with van der Waals surface area (Å²) in [6.07, 6.45) is -0.0386. The third-order valence-electron chi connectivity index (χ3n) is 2.44. The fraction of sp³-hybridized carbons (Fsp3) is 0.364. The number of urea groups is 1. The lowest BCUT2D eigenvalue weighted by molar-refractivity contribution is 0.170. The molecule has 1 aromatic rings. The van der Waals surface area contributed by atoms with Gasteiger partial charge in [-0.25, -0.2) is 4.79 Å². The van der Waals surface area contributed by atoms with E-state index in [1.165, 1.54) is 4.90 Å². The van der Waals surface area contributed by atoms with Crippen LogP contribution in [0, 0.1) is 0 Å². The van der Waals surface area contributed by atoms with Gasteiger partial charge in [0.15, 0.2) is 0 Å². The highest BCUT2D eigenvalue weighted by atomic mass is 16.3. The first-order chi connectivity index (χ1) is 7.56. The Hall–Kier alpha value is -1.59. The summed E-state index contributed by atoms with van der Waals surface area (Å²) in [5.74, 6) is 0. The first kappa shape index (κ1) is 12.5. The largest absolute Gasteiger partial charge is 0.388 e. The zero-order valence-electron chi connectivity index (χ0n) is 9.26. The van der Waals surface area contributed by atoms with E-state index in [1.807, 2.05) is 0 Å². The highest BCUT2D eigenvalue weighted by Crippen LogP contribution is 2.20. The molecule has 0 bridgehead atoms. The van der Waals surface area contributed by atoms with Crippen LogP contribution in [0.15, 0.2) is 24.3 Å². The van der Waals surface area contributed by atoms with Crippen molar-refractivity contribution in [2.75, 3.05) is 18.5 Å². The number of hydrogen-bond acceptors (Lipinski definition) is 3. The maximum Gasteiger partial charge on any atom is 0.318 e. The van der Waals surface area contributed by atoms with Crippen molar-refractivity contribution in [1.29, 1.82) is 0 Å². The number of benzene rings is 1. The van der Waals surface area contributed by atoms with Gasteiger partial charge in [-0.1, -0.05) is 12.1 Å². The minimum absolute atomic E-state index is 0.435. The maximum absolute atomic E-state index is 10.9. The lowest BCUT2D eigenvalue weighted by Gasteiger charge is -2.16. The molecule has 88 valence electrons. The van der Waals surface area contributed by atoms with Crippen LogP contribution in [-0.4, -0.2) is 24.7 Å². The number of carbonyl (C=O) groups is 1. The lowest BCUT2D eigenvalue weighted by Crippen LogP contribution is -2.31. The molecule has 16 heavy (non-hydrogen) atoms. The molecule has 0 saturated heterocycles. The van der Waals surface area contributed by atoms with Crippen molar-refractivity contribution in [2.45, 2.75) is 12.5 Å². The average molecular weight is 223 g/mol. The number of amides is 2. The van der Waals surface area contributed by atoms with Crippen molar-refractivity contribution in [3.63, 3.8) is 0 Å². The Labute approximate surface area is 94.7 Å². The number of rotatable bonds is 4. The van der Waals surface area contributed by atoms with E-state index < -0.39 is 12.1 Å². The number of carbonyl (C=O) groups excluding carboxylic acids is 1. The van der Waals surface area contributed by atoms with Crippen LogP contribution in [0.3, 0.4) is 0 Å². The first-order valence-electron chi connectivity index (χ1n) is 5.07. The molecule has 0 fully saturated rings. The fourth-order valence-corrected chi connectivity index (χ4v) is 1.37. The number of aliphatic hydroxyl groups excluding tert-OH is 1. The molecule has 1 rings (SSSR count). The van der Waals surface area contributed by atoms with Gasteiger partial charge in [-0.2, -0.15) is 0 Å². The van der Waals surface area contributed by atoms with Crippen LogP contribution in [0.2, 0.25) is 0 Å². The molecule has 2 amide bonds. The Kier molecular flexibility index (Phi) is 4.28. The van der Waals surface area contributed by atoms with Gasteiger partial charge in [-0.15, -0.1) is 0 Å². The van der Waals surface area contributed by atoms with Gasteiger partial charge in [0, 0.05) is 12.7 Å². The highest BCUT2D eigenvalue weighted by Gasteiger charge is 2.09. The Morgan fingerprint density at radius 1 is 1.44 bits per heavy atom. The van der Waals surface area contributed by atoms with E-state index in [9.17, 15) is 9.90 Å². The van der Waals surface area contributed by atoms with Crippen LogP contribution in [0.1, 0.15) is 18.1 Å². The van der Waals surface area contributed by atoms with Crippen molar-refractivity contribution in [1.82, 2.24) is 0 Å². The van der Waals surface area contributed by atoms with Gasteiger partial charge in [-0.3, -0.25) is 4.90 Å². The highest BCUT2D eigenvalue weighted by molar-refractivity contribution is 5.89. The van der Waals surface area contributed by atoms with Gasteiger partial charge in [0.1, 0.15) is 0 Å². The van der Waals surface area contributed by atoms with Crippen LogP contribution in [0.5, 0.6) is 0 Å². The normalized spacial score (nSPS) is 12.2. The van der Waals surface area contributed by atoms with Gasteiger partial charge in [0.2, 0.25) is 0 Å². The molecule has 5 N–H and O–H groups in total. The molecule has 0 radical (unpaired) electrons. The van der Waals surface area contributed by atoms with E-state index in [2.05, 4.69) is 0 Å². The molecule has 1 atom stereocenters. The predicted molar refractivity (Wildman–Crippen MR) is 63.1 cm³/mol. The second kappa shape index (κ2) is 5.48.